The molecule has 1 unspecified atom stereocenters. The molecule has 1 atom stereocenters. The Hall–Kier alpha value is -1.05. The van der Waals surface area contributed by atoms with Gasteiger partial charge in [-0.2, -0.15) is 0 Å². The highest BCUT2D eigenvalue weighted by Gasteiger charge is 2.23. The van der Waals surface area contributed by atoms with Crippen LogP contribution < -0.4 is 4.72 Å². The highest BCUT2D eigenvalue weighted by atomic mass is 32.2. The lowest BCUT2D eigenvalue weighted by Gasteiger charge is -2.34. The summed E-state index contributed by atoms with van der Waals surface area (Å²) in [5.41, 5.74) is 0. The van der Waals surface area contributed by atoms with Gasteiger partial charge in [0.2, 0.25) is 10.0 Å². The molecule has 7 heteroatoms. The SMILES string of the molecule is CC1CCN(C(C)CNS(=O)(=O)c2cc(F)cc(F)c2)CC1. The van der Waals surface area contributed by atoms with Gasteiger partial charge in [-0.1, -0.05) is 6.92 Å². The zero-order chi connectivity index (χ0) is 16.3. The van der Waals surface area contributed by atoms with Crippen molar-refractivity contribution in [2.24, 2.45) is 5.92 Å². The van der Waals surface area contributed by atoms with Crippen LogP contribution >= 0.6 is 0 Å². The Morgan fingerprint density at radius 2 is 1.77 bits per heavy atom. The summed E-state index contributed by atoms with van der Waals surface area (Å²) in [5.74, 6) is -1.10. The summed E-state index contributed by atoms with van der Waals surface area (Å²) in [6, 6.07) is 2.33. The van der Waals surface area contributed by atoms with Crippen molar-refractivity contribution in [2.45, 2.75) is 37.6 Å². The summed E-state index contributed by atoms with van der Waals surface area (Å²) in [5, 5.41) is 0. The largest absolute Gasteiger partial charge is 0.299 e. The molecule has 0 radical (unpaired) electrons. The first kappa shape index (κ1) is 17.3. The van der Waals surface area contributed by atoms with E-state index in [0.717, 1.165) is 38.1 Å². The molecule has 1 heterocycles. The maximum absolute atomic E-state index is 13.1. The van der Waals surface area contributed by atoms with Gasteiger partial charge in [0, 0.05) is 18.7 Å². The molecule has 1 fully saturated rings. The normalized spacial score (nSPS) is 19.3. The zero-order valence-corrected chi connectivity index (χ0v) is 13.7. The van der Waals surface area contributed by atoms with E-state index in [0.29, 0.717) is 12.0 Å². The summed E-state index contributed by atoms with van der Waals surface area (Å²) >= 11 is 0. The number of sulfonamides is 1. The number of benzene rings is 1. The van der Waals surface area contributed by atoms with Crippen molar-refractivity contribution in [3.05, 3.63) is 29.8 Å². The first-order chi connectivity index (χ1) is 10.3. The Bertz CT molecular complexity index is 594. The lowest BCUT2D eigenvalue weighted by Crippen LogP contribution is -2.45. The first-order valence-corrected chi connectivity index (χ1v) is 8.96. The molecule has 1 aromatic carbocycles. The molecule has 0 aromatic heterocycles. The van der Waals surface area contributed by atoms with Gasteiger partial charge in [0.1, 0.15) is 11.6 Å². The third-order valence-corrected chi connectivity index (χ3v) is 5.56. The number of hydrogen-bond donors (Lipinski definition) is 1. The molecule has 124 valence electrons. The molecule has 0 amide bonds. The van der Waals surface area contributed by atoms with Crippen LogP contribution in [-0.4, -0.2) is 39.0 Å². The third kappa shape index (κ3) is 4.47. The Labute approximate surface area is 130 Å². The quantitative estimate of drug-likeness (QED) is 0.900. The number of rotatable bonds is 5. The maximum atomic E-state index is 13.1. The molecule has 4 nitrogen and oxygen atoms in total. The minimum atomic E-state index is -3.91. The molecule has 1 aromatic rings. The van der Waals surface area contributed by atoms with Crippen molar-refractivity contribution in [3.63, 3.8) is 0 Å². The van der Waals surface area contributed by atoms with Gasteiger partial charge in [0.25, 0.3) is 0 Å². The Morgan fingerprint density at radius 3 is 2.32 bits per heavy atom. The fourth-order valence-electron chi connectivity index (χ4n) is 2.60. The average Bonchev–Trinajstić information content (AvgIpc) is 2.44. The zero-order valence-electron chi connectivity index (χ0n) is 12.9. The number of likely N-dealkylation sites (tertiary alicyclic amines) is 1. The Kier molecular flexibility index (Phi) is 5.52. The van der Waals surface area contributed by atoms with Crippen molar-refractivity contribution in [1.29, 1.82) is 0 Å². The fourth-order valence-corrected chi connectivity index (χ4v) is 3.76. The topological polar surface area (TPSA) is 49.4 Å². The van der Waals surface area contributed by atoms with Gasteiger partial charge in [-0.05, 0) is 50.9 Å². The highest BCUT2D eigenvalue weighted by molar-refractivity contribution is 7.89. The van der Waals surface area contributed by atoms with Crippen molar-refractivity contribution in [2.75, 3.05) is 19.6 Å². The van der Waals surface area contributed by atoms with Gasteiger partial charge < -0.3 is 0 Å². The van der Waals surface area contributed by atoms with E-state index >= 15 is 0 Å². The van der Waals surface area contributed by atoms with Gasteiger partial charge in [-0.15, -0.1) is 0 Å². The van der Waals surface area contributed by atoms with Gasteiger partial charge in [0.15, 0.2) is 0 Å². The van der Waals surface area contributed by atoms with Crippen molar-refractivity contribution in [1.82, 2.24) is 9.62 Å². The van der Waals surface area contributed by atoms with E-state index < -0.39 is 21.7 Å². The van der Waals surface area contributed by atoms with Crippen LogP contribution in [0.4, 0.5) is 8.78 Å². The number of hydrogen-bond acceptors (Lipinski definition) is 3. The summed E-state index contributed by atoms with van der Waals surface area (Å²) in [7, 11) is -3.91. The van der Waals surface area contributed by atoms with Crippen molar-refractivity contribution >= 4 is 10.0 Å². The molecule has 0 spiro atoms. The Morgan fingerprint density at radius 1 is 1.23 bits per heavy atom. The van der Waals surface area contributed by atoms with Gasteiger partial charge in [-0.25, -0.2) is 21.9 Å². The second-order valence-electron chi connectivity index (χ2n) is 6.02. The predicted octanol–water partition coefficient (Wildman–Crippen LogP) is 2.36. The van der Waals surface area contributed by atoms with E-state index in [-0.39, 0.29) is 17.5 Å². The molecule has 1 N–H and O–H groups in total. The summed E-state index contributed by atoms with van der Waals surface area (Å²) < 4.78 is 52.9. The van der Waals surface area contributed by atoms with Crippen LogP contribution in [0, 0.1) is 17.6 Å². The molecule has 1 aliphatic rings. The van der Waals surface area contributed by atoms with E-state index in [2.05, 4.69) is 16.5 Å². The van der Waals surface area contributed by atoms with Gasteiger partial charge >= 0.3 is 0 Å². The lowest BCUT2D eigenvalue weighted by atomic mass is 9.98. The molecule has 0 aliphatic carbocycles. The molecule has 0 saturated carbocycles. The van der Waals surface area contributed by atoms with E-state index in [4.69, 9.17) is 0 Å². The molecule has 1 aliphatic heterocycles. The van der Waals surface area contributed by atoms with Gasteiger partial charge in [0.05, 0.1) is 4.90 Å². The highest BCUT2D eigenvalue weighted by Crippen LogP contribution is 2.18. The number of nitrogens with one attached hydrogen (secondary N) is 1. The Balaban J connectivity index is 1.97. The molecular weight excluding hydrogens is 310 g/mol. The standard InChI is InChI=1S/C15H22F2N2O2S/c1-11-3-5-19(6-4-11)12(2)10-18-22(20,21)15-8-13(16)7-14(17)9-15/h7-9,11-12,18H,3-6,10H2,1-2H3. The second-order valence-corrected chi connectivity index (χ2v) is 7.79. The van der Waals surface area contributed by atoms with Crippen LogP contribution in [0.1, 0.15) is 26.7 Å². The minimum Gasteiger partial charge on any atom is -0.299 e. The molecule has 0 bridgehead atoms. The van der Waals surface area contributed by atoms with Crippen LogP contribution in [-0.2, 0) is 10.0 Å². The lowest BCUT2D eigenvalue weighted by molar-refractivity contribution is 0.148. The smallest absolute Gasteiger partial charge is 0.240 e. The van der Waals surface area contributed by atoms with Gasteiger partial charge in [-0.3, -0.25) is 4.90 Å². The number of halogens is 2. The average molecular weight is 332 g/mol. The van der Waals surface area contributed by atoms with Crippen LogP contribution in [0.15, 0.2) is 23.1 Å². The molecule has 2 rings (SSSR count). The van der Waals surface area contributed by atoms with Crippen LogP contribution in [0.25, 0.3) is 0 Å². The second kappa shape index (κ2) is 7.02. The third-order valence-electron chi connectivity index (χ3n) is 4.16. The van der Waals surface area contributed by atoms with E-state index in [1.54, 1.807) is 0 Å². The van der Waals surface area contributed by atoms with Crippen LogP contribution in [0.2, 0.25) is 0 Å². The fraction of sp³-hybridized carbons (Fsp3) is 0.600. The number of nitrogens with zero attached hydrogens (tertiary/aromatic N) is 1. The summed E-state index contributed by atoms with van der Waals surface area (Å²) in [4.78, 5) is 1.85. The predicted molar refractivity (Wildman–Crippen MR) is 81.0 cm³/mol. The van der Waals surface area contributed by atoms with Crippen molar-refractivity contribution in [3.8, 4) is 0 Å². The molecule has 1 saturated heterocycles. The molecular formula is C15H22F2N2O2S. The maximum Gasteiger partial charge on any atom is 0.240 e. The van der Waals surface area contributed by atoms with E-state index in [1.165, 1.54) is 0 Å². The van der Waals surface area contributed by atoms with Crippen LogP contribution in [0.5, 0.6) is 0 Å². The van der Waals surface area contributed by atoms with E-state index in [9.17, 15) is 17.2 Å². The minimum absolute atomic E-state index is 0.0423. The monoisotopic (exact) mass is 332 g/mol. The van der Waals surface area contributed by atoms with Crippen molar-refractivity contribution < 1.29 is 17.2 Å². The summed E-state index contributed by atoms with van der Waals surface area (Å²) in [6.07, 6.45) is 2.21. The molecule has 22 heavy (non-hydrogen) atoms. The summed E-state index contributed by atoms with van der Waals surface area (Å²) in [6.45, 7) is 6.26. The van der Waals surface area contributed by atoms with Crippen LogP contribution in [0.3, 0.4) is 0 Å². The number of piperidine rings is 1. The van der Waals surface area contributed by atoms with E-state index in [1.807, 2.05) is 6.92 Å². The first-order valence-electron chi connectivity index (χ1n) is 7.48.